The zero-order chi connectivity index (χ0) is 11.2. The molecule has 1 aromatic heterocycles. The maximum atomic E-state index is 9.63. The van der Waals surface area contributed by atoms with Crippen LogP contribution < -0.4 is 0 Å². The highest BCUT2D eigenvalue weighted by Crippen LogP contribution is 1.88. The molecule has 0 aliphatic carbocycles. The van der Waals surface area contributed by atoms with Crippen LogP contribution in [0.2, 0.25) is 0 Å². The Hall–Kier alpha value is -2.04. The first-order valence-electron chi connectivity index (χ1n) is 2.86. The molecule has 0 aliphatic rings. The van der Waals surface area contributed by atoms with E-state index < -0.39 is 18.9 Å². The molecular weight excluding hydrogens is 220 g/mol. The minimum absolute atomic E-state index is 1.62. The summed E-state index contributed by atoms with van der Waals surface area (Å²) >= 11 is 0. The lowest BCUT2D eigenvalue weighted by atomic mass is 11.0. The van der Waals surface area contributed by atoms with Gasteiger partial charge in [-0.25, -0.2) is 25.2 Å². The van der Waals surface area contributed by atoms with E-state index in [0.717, 1.165) is 0 Å². The first-order chi connectivity index (χ1) is 6.39. The van der Waals surface area contributed by atoms with Gasteiger partial charge in [0, 0.05) is 12.4 Å². The smallest absolute Gasteiger partial charge is 0.351 e. The van der Waals surface area contributed by atoms with Gasteiger partial charge in [-0.2, -0.15) is 0 Å². The van der Waals surface area contributed by atoms with Crippen molar-refractivity contribution in [1.29, 1.82) is 0 Å². The Labute approximate surface area is 77.1 Å². The Balaban J connectivity index is 0.000000280. The molecule has 0 spiro atoms. The summed E-state index contributed by atoms with van der Waals surface area (Å²) in [6, 6.07) is 0. The van der Waals surface area contributed by atoms with E-state index in [4.69, 9.17) is 0 Å². The van der Waals surface area contributed by atoms with Crippen LogP contribution in [0, 0.1) is 20.2 Å². The summed E-state index contributed by atoms with van der Waals surface area (Å²) in [5.41, 5.74) is 0. The molecule has 0 saturated heterocycles. The quantitative estimate of drug-likeness (QED) is 0.509. The summed E-state index contributed by atoms with van der Waals surface area (Å²) in [7, 11) is -5.37. The van der Waals surface area contributed by atoms with E-state index in [9.17, 15) is 28.6 Å². The summed E-state index contributed by atoms with van der Waals surface area (Å²) in [6.45, 7) is 0. The number of nitro groups is 2. The Morgan fingerprint density at radius 1 is 1.21 bits per heavy atom. The number of hydrogen-bond donors (Lipinski definition) is 1. The predicted octanol–water partition coefficient (Wildman–Crippen LogP) is -0.806. The fraction of sp³-hybridized carbons (Fsp3) is 0. The number of nitrogens with one attached hydrogen (secondary N) is 1. The van der Waals surface area contributed by atoms with Crippen LogP contribution in [0.25, 0.3) is 0 Å². The van der Waals surface area contributed by atoms with Gasteiger partial charge in [-0.15, -0.1) is 0 Å². The summed E-state index contributed by atoms with van der Waals surface area (Å²) in [6.07, 6.45) is 5.08. The lowest BCUT2D eigenvalue weighted by Crippen LogP contribution is -2.21. The molecule has 0 unspecified atom stereocenters. The van der Waals surface area contributed by atoms with Crippen LogP contribution in [-0.2, 0) is 10.2 Å². The van der Waals surface area contributed by atoms with E-state index in [2.05, 4.69) is 9.97 Å². The maximum Gasteiger partial charge on any atom is 0.721 e. The number of H-pyrrole nitrogens is 1. The molecule has 0 bridgehead atoms. The molecule has 0 amide bonds. The van der Waals surface area contributed by atoms with Gasteiger partial charge in [0.15, 0.2) is 0 Å². The molecular formula is C3H4N4O6S. The van der Waals surface area contributed by atoms with E-state index in [1.165, 1.54) is 0 Å². The van der Waals surface area contributed by atoms with Crippen molar-refractivity contribution < 1.29 is 17.1 Å². The average molecular weight is 224 g/mol. The van der Waals surface area contributed by atoms with E-state index in [1.807, 2.05) is 0 Å². The molecule has 0 radical (unpaired) electrons. The standard InChI is InChI=1S/C3H4N2.N2O6S/c1-2-5-3-4-1;3-1(4)9(7,8)2(5)6/h1-3H,(H,4,5);. The minimum Gasteiger partial charge on any atom is -0.351 e. The normalized spacial score (nSPS) is 9.71. The van der Waals surface area contributed by atoms with Crippen LogP contribution in [0.5, 0.6) is 0 Å². The second-order valence-corrected chi connectivity index (χ2v) is 3.15. The van der Waals surface area contributed by atoms with Crippen LogP contribution in [0.3, 0.4) is 0 Å². The predicted molar refractivity (Wildman–Crippen MR) is 41.5 cm³/mol. The molecule has 1 aromatic rings. The van der Waals surface area contributed by atoms with Crippen LogP contribution in [0.1, 0.15) is 0 Å². The van der Waals surface area contributed by atoms with E-state index in [1.54, 1.807) is 18.7 Å². The third-order valence-electron chi connectivity index (χ3n) is 0.783. The van der Waals surface area contributed by atoms with Crippen LogP contribution in [0.15, 0.2) is 18.7 Å². The van der Waals surface area contributed by atoms with Gasteiger partial charge >= 0.3 is 10.2 Å². The van der Waals surface area contributed by atoms with Gasteiger partial charge in [0.05, 0.1) is 6.33 Å². The highest BCUT2D eigenvalue weighted by molar-refractivity contribution is 7.79. The van der Waals surface area contributed by atoms with Crippen LogP contribution in [0.4, 0.5) is 0 Å². The molecule has 0 aliphatic heterocycles. The molecule has 0 aromatic carbocycles. The van der Waals surface area contributed by atoms with Crippen molar-refractivity contribution in [2.45, 2.75) is 0 Å². The van der Waals surface area contributed by atoms with Gasteiger partial charge in [0.25, 0.3) is 0 Å². The van der Waals surface area contributed by atoms with Crippen LogP contribution in [-0.4, -0.2) is 27.0 Å². The zero-order valence-electron chi connectivity index (χ0n) is 6.43. The van der Waals surface area contributed by atoms with Crippen LogP contribution >= 0.6 is 0 Å². The number of aromatic amines is 1. The summed E-state index contributed by atoms with van der Waals surface area (Å²) in [4.78, 5) is 24.9. The first-order valence-corrected chi connectivity index (χ1v) is 4.25. The van der Waals surface area contributed by atoms with Crippen molar-refractivity contribution in [3.8, 4) is 0 Å². The number of rotatable bonds is 2. The number of hydrogen-bond acceptors (Lipinski definition) is 7. The van der Waals surface area contributed by atoms with E-state index in [0.29, 0.717) is 0 Å². The Morgan fingerprint density at radius 2 is 1.71 bits per heavy atom. The number of imidazole rings is 1. The summed E-state index contributed by atoms with van der Waals surface area (Å²) in [5.74, 6) is 0. The molecule has 11 heteroatoms. The van der Waals surface area contributed by atoms with Gasteiger partial charge in [-0.3, -0.25) is 0 Å². The Kier molecular flexibility index (Phi) is 4.15. The van der Waals surface area contributed by atoms with Gasteiger partial charge in [-0.05, 0) is 0 Å². The summed E-state index contributed by atoms with van der Waals surface area (Å²) < 4.78 is 15.3. The maximum absolute atomic E-state index is 9.63. The Bertz CT molecular complexity index is 358. The average Bonchev–Trinajstić information content (AvgIpc) is 2.60. The van der Waals surface area contributed by atoms with E-state index >= 15 is 0 Å². The second kappa shape index (κ2) is 4.86. The van der Waals surface area contributed by atoms with Crippen molar-refractivity contribution >= 4 is 10.2 Å². The van der Waals surface area contributed by atoms with Gasteiger partial charge in [0.1, 0.15) is 0 Å². The molecule has 1 rings (SSSR count). The van der Waals surface area contributed by atoms with Crippen molar-refractivity contribution in [3.05, 3.63) is 38.9 Å². The van der Waals surface area contributed by atoms with Crippen molar-refractivity contribution in [2.75, 3.05) is 0 Å². The second-order valence-electron chi connectivity index (χ2n) is 1.66. The minimum atomic E-state index is -5.37. The highest BCUT2D eigenvalue weighted by atomic mass is 32.2. The Morgan fingerprint density at radius 3 is 1.79 bits per heavy atom. The first kappa shape index (κ1) is 12.0. The van der Waals surface area contributed by atoms with Gasteiger partial charge in [0.2, 0.25) is 8.66 Å². The lowest BCUT2D eigenvalue weighted by Gasteiger charge is -1.79. The van der Waals surface area contributed by atoms with Gasteiger partial charge in [-0.1, -0.05) is 8.42 Å². The van der Waals surface area contributed by atoms with Crippen molar-refractivity contribution in [2.24, 2.45) is 0 Å². The zero-order valence-corrected chi connectivity index (χ0v) is 7.25. The molecule has 1 N–H and O–H groups in total. The monoisotopic (exact) mass is 224 g/mol. The highest BCUT2D eigenvalue weighted by Gasteiger charge is 2.39. The van der Waals surface area contributed by atoms with Crippen molar-refractivity contribution in [1.82, 2.24) is 9.97 Å². The topological polar surface area (TPSA) is 149 Å². The third kappa shape index (κ3) is 3.57. The SMILES string of the molecule is O=[N+]([O-])S(=O)(=O)[N+](=O)[O-].c1c[nH]cn1. The lowest BCUT2D eigenvalue weighted by molar-refractivity contribution is -0.422. The van der Waals surface area contributed by atoms with Gasteiger partial charge < -0.3 is 4.98 Å². The molecule has 10 nitrogen and oxygen atoms in total. The van der Waals surface area contributed by atoms with Crippen molar-refractivity contribution in [3.63, 3.8) is 0 Å². The number of nitrogens with zero attached hydrogens (tertiary/aromatic N) is 3. The molecule has 78 valence electrons. The largest absolute Gasteiger partial charge is 0.721 e. The van der Waals surface area contributed by atoms with E-state index in [-0.39, 0.29) is 0 Å². The molecule has 14 heavy (non-hydrogen) atoms. The molecule has 1 heterocycles. The fourth-order valence-electron chi connectivity index (χ4n) is 0.270. The molecule has 0 atom stereocenters. The molecule has 0 saturated carbocycles. The number of aromatic nitrogens is 2. The third-order valence-corrected chi connectivity index (χ3v) is 1.54. The molecule has 0 fully saturated rings. The summed E-state index contributed by atoms with van der Waals surface area (Å²) in [5, 5.41) is 18.5. The fourth-order valence-corrected chi connectivity index (χ4v) is 0.378.